The van der Waals surface area contributed by atoms with Gasteiger partial charge in [-0.15, -0.1) is 0 Å². The Morgan fingerprint density at radius 3 is 2.50 bits per heavy atom. The second-order valence-electron chi connectivity index (χ2n) is 6.02. The molecule has 0 aromatic heterocycles. The molecular formula is C19H22INO. The third kappa shape index (κ3) is 3.89. The van der Waals surface area contributed by atoms with Crippen LogP contribution in [0.25, 0.3) is 0 Å². The number of piperidine rings is 1. The number of nitrogens with one attached hydrogen (secondary N) is 1. The van der Waals surface area contributed by atoms with E-state index in [4.69, 9.17) is 4.74 Å². The van der Waals surface area contributed by atoms with Crippen LogP contribution in [0.2, 0.25) is 0 Å². The Morgan fingerprint density at radius 1 is 1.00 bits per heavy atom. The summed E-state index contributed by atoms with van der Waals surface area (Å²) in [6.07, 6.45) is 2.28. The SMILES string of the molecule is Ic1cccc(COCC2(c3ccccc3)CCNCC2)c1. The van der Waals surface area contributed by atoms with Crippen LogP contribution in [0.4, 0.5) is 0 Å². The van der Waals surface area contributed by atoms with Gasteiger partial charge in [0.15, 0.2) is 0 Å². The molecule has 3 rings (SSSR count). The summed E-state index contributed by atoms with van der Waals surface area (Å²) < 4.78 is 7.40. The van der Waals surface area contributed by atoms with Crippen LogP contribution in [0.1, 0.15) is 24.0 Å². The van der Waals surface area contributed by atoms with Crippen molar-refractivity contribution in [2.45, 2.75) is 24.9 Å². The highest BCUT2D eigenvalue weighted by molar-refractivity contribution is 14.1. The number of hydrogen-bond acceptors (Lipinski definition) is 2. The maximum atomic E-state index is 6.14. The Kier molecular flexibility index (Phi) is 5.50. The van der Waals surface area contributed by atoms with E-state index in [1.165, 1.54) is 14.7 Å². The van der Waals surface area contributed by atoms with Crippen molar-refractivity contribution < 1.29 is 4.74 Å². The number of hydrogen-bond donors (Lipinski definition) is 1. The monoisotopic (exact) mass is 407 g/mol. The van der Waals surface area contributed by atoms with E-state index in [2.05, 4.69) is 82.5 Å². The first kappa shape index (κ1) is 16.0. The highest BCUT2D eigenvalue weighted by Crippen LogP contribution is 2.34. The summed E-state index contributed by atoms with van der Waals surface area (Å²) in [5.41, 5.74) is 2.83. The van der Waals surface area contributed by atoms with E-state index >= 15 is 0 Å². The van der Waals surface area contributed by atoms with Crippen LogP contribution in [0, 0.1) is 3.57 Å². The zero-order valence-corrected chi connectivity index (χ0v) is 14.9. The van der Waals surface area contributed by atoms with Crippen LogP contribution in [0.5, 0.6) is 0 Å². The standard InChI is InChI=1S/C19H22INO/c20-18-8-4-5-16(13-18)14-22-15-19(9-11-21-12-10-19)17-6-2-1-3-7-17/h1-8,13,21H,9-12,14-15H2. The van der Waals surface area contributed by atoms with E-state index in [0.717, 1.165) is 32.5 Å². The first-order valence-electron chi connectivity index (χ1n) is 7.87. The molecule has 0 amide bonds. The van der Waals surface area contributed by atoms with Crippen molar-refractivity contribution in [3.05, 3.63) is 69.3 Å². The first-order valence-corrected chi connectivity index (χ1v) is 8.95. The van der Waals surface area contributed by atoms with Gasteiger partial charge in [-0.05, 0) is 71.8 Å². The molecule has 0 saturated carbocycles. The minimum absolute atomic E-state index is 0.161. The summed E-state index contributed by atoms with van der Waals surface area (Å²) in [7, 11) is 0. The van der Waals surface area contributed by atoms with Gasteiger partial charge in [-0.2, -0.15) is 0 Å². The van der Waals surface area contributed by atoms with E-state index in [0.29, 0.717) is 6.61 Å². The van der Waals surface area contributed by atoms with Crippen LogP contribution in [-0.2, 0) is 16.8 Å². The Balaban J connectivity index is 1.68. The van der Waals surface area contributed by atoms with Crippen molar-refractivity contribution in [1.29, 1.82) is 0 Å². The molecule has 0 atom stereocenters. The second kappa shape index (κ2) is 7.57. The first-order chi connectivity index (χ1) is 10.8. The predicted octanol–water partition coefficient (Wildman–Crippen LogP) is 4.13. The maximum Gasteiger partial charge on any atom is 0.0717 e. The van der Waals surface area contributed by atoms with Crippen LogP contribution in [0.15, 0.2) is 54.6 Å². The van der Waals surface area contributed by atoms with E-state index < -0.39 is 0 Å². The summed E-state index contributed by atoms with van der Waals surface area (Å²) in [5, 5.41) is 3.47. The van der Waals surface area contributed by atoms with Crippen molar-refractivity contribution in [2.75, 3.05) is 19.7 Å². The smallest absolute Gasteiger partial charge is 0.0717 e. The molecule has 0 radical (unpaired) electrons. The molecule has 0 spiro atoms. The van der Waals surface area contributed by atoms with Gasteiger partial charge in [-0.25, -0.2) is 0 Å². The van der Waals surface area contributed by atoms with E-state index in [1.54, 1.807) is 0 Å². The molecule has 0 unspecified atom stereocenters. The van der Waals surface area contributed by atoms with Gasteiger partial charge in [-0.1, -0.05) is 42.5 Å². The lowest BCUT2D eigenvalue weighted by atomic mass is 9.74. The van der Waals surface area contributed by atoms with Gasteiger partial charge in [0, 0.05) is 8.99 Å². The average molecular weight is 407 g/mol. The molecule has 0 aliphatic carbocycles. The zero-order valence-electron chi connectivity index (χ0n) is 12.7. The second-order valence-corrected chi connectivity index (χ2v) is 7.26. The Bertz CT molecular complexity index is 593. The quantitative estimate of drug-likeness (QED) is 0.753. The molecule has 3 heteroatoms. The predicted molar refractivity (Wildman–Crippen MR) is 99.0 cm³/mol. The van der Waals surface area contributed by atoms with Gasteiger partial charge in [0.05, 0.1) is 13.2 Å². The summed E-state index contributed by atoms with van der Waals surface area (Å²) >= 11 is 2.35. The summed E-state index contributed by atoms with van der Waals surface area (Å²) in [5.74, 6) is 0. The topological polar surface area (TPSA) is 21.3 Å². The number of ether oxygens (including phenoxy) is 1. The normalized spacial score (nSPS) is 17.3. The Morgan fingerprint density at radius 2 is 1.77 bits per heavy atom. The van der Waals surface area contributed by atoms with Crippen LogP contribution >= 0.6 is 22.6 Å². The fraction of sp³-hybridized carbons (Fsp3) is 0.368. The third-order valence-electron chi connectivity index (χ3n) is 4.48. The lowest BCUT2D eigenvalue weighted by molar-refractivity contribution is 0.0565. The number of halogens is 1. The zero-order chi connectivity index (χ0) is 15.3. The average Bonchev–Trinajstić information content (AvgIpc) is 2.57. The van der Waals surface area contributed by atoms with Crippen molar-refractivity contribution in [3.8, 4) is 0 Å². The van der Waals surface area contributed by atoms with Gasteiger partial charge < -0.3 is 10.1 Å². The lowest BCUT2D eigenvalue weighted by Gasteiger charge is -2.38. The fourth-order valence-corrected chi connectivity index (χ4v) is 3.81. The largest absolute Gasteiger partial charge is 0.376 e. The molecule has 1 saturated heterocycles. The lowest BCUT2D eigenvalue weighted by Crippen LogP contribution is -2.43. The van der Waals surface area contributed by atoms with Crippen molar-refractivity contribution in [1.82, 2.24) is 5.32 Å². The summed E-state index contributed by atoms with van der Waals surface area (Å²) in [6, 6.07) is 19.4. The van der Waals surface area contributed by atoms with Crippen LogP contribution in [0.3, 0.4) is 0 Å². The van der Waals surface area contributed by atoms with E-state index in [-0.39, 0.29) is 5.41 Å². The molecule has 1 heterocycles. The molecule has 2 aromatic rings. The van der Waals surface area contributed by atoms with Crippen molar-refractivity contribution in [3.63, 3.8) is 0 Å². The van der Waals surface area contributed by atoms with E-state index in [9.17, 15) is 0 Å². The van der Waals surface area contributed by atoms with Crippen molar-refractivity contribution in [2.24, 2.45) is 0 Å². The molecule has 22 heavy (non-hydrogen) atoms. The highest BCUT2D eigenvalue weighted by atomic mass is 127. The molecule has 116 valence electrons. The van der Waals surface area contributed by atoms with E-state index in [1.807, 2.05) is 0 Å². The molecule has 1 fully saturated rings. The third-order valence-corrected chi connectivity index (χ3v) is 5.15. The minimum Gasteiger partial charge on any atom is -0.376 e. The minimum atomic E-state index is 0.161. The van der Waals surface area contributed by atoms with Crippen LogP contribution in [-0.4, -0.2) is 19.7 Å². The molecular weight excluding hydrogens is 385 g/mol. The fourth-order valence-electron chi connectivity index (χ4n) is 3.20. The van der Waals surface area contributed by atoms with Gasteiger partial charge in [0.25, 0.3) is 0 Å². The molecule has 2 aromatic carbocycles. The van der Waals surface area contributed by atoms with Crippen LogP contribution < -0.4 is 5.32 Å². The number of rotatable bonds is 5. The molecule has 1 aliphatic rings. The summed E-state index contributed by atoms with van der Waals surface area (Å²) in [4.78, 5) is 0. The van der Waals surface area contributed by atoms with Crippen molar-refractivity contribution >= 4 is 22.6 Å². The molecule has 1 N–H and O–H groups in total. The molecule has 0 bridgehead atoms. The molecule has 1 aliphatic heterocycles. The molecule has 2 nitrogen and oxygen atoms in total. The Hall–Kier alpha value is -0.910. The maximum absolute atomic E-state index is 6.14. The Labute approximate surface area is 146 Å². The summed E-state index contributed by atoms with van der Waals surface area (Å²) in [6.45, 7) is 3.63. The van der Waals surface area contributed by atoms with Gasteiger partial charge in [0.2, 0.25) is 0 Å². The van der Waals surface area contributed by atoms with Gasteiger partial charge >= 0.3 is 0 Å². The van der Waals surface area contributed by atoms with Gasteiger partial charge in [-0.3, -0.25) is 0 Å². The number of benzene rings is 2. The van der Waals surface area contributed by atoms with Gasteiger partial charge in [0.1, 0.15) is 0 Å². The highest BCUT2D eigenvalue weighted by Gasteiger charge is 2.34.